The van der Waals surface area contributed by atoms with Gasteiger partial charge in [0.2, 0.25) is 0 Å². The molecule has 1 atom stereocenters. The fraction of sp³-hybridized carbons (Fsp3) is 0.222. The van der Waals surface area contributed by atoms with Crippen molar-refractivity contribution >= 4 is 6.29 Å². The maximum Gasteiger partial charge on any atom is 0.360 e. The Morgan fingerprint density at radius 1 is 1.46 bits per heavy atom. The number of hydrogen-bond donors (Lipinski definition) is 0. The number of benzene rings is 1. The van der Waals surface area contributed by atoms with Gasteiger partial charge < -0.3 is 14.2 Å². The number of rotatable bonds is 2. The van der Waals surface area contributed by atoms with Crippen LogP contribution < -0.4 is 9.47 Å². The van der Waals surface area contributed by atoms with Gasteiger partial charge in [-0.25, -0.2) is 0 Å². The molecule has 1 aromatic carbocycles. The summed E-state index contributed by atoms with van der Waals surface area (Å²) in [6.45, 7) is -0.740. The Labute approximate surface area is 75.0 Å². The highest BCUT2D eigenvalue weighted by atomic mass is 16.9. The number of aldehydes is 1. The minimum atomic E-state index is -0.740. The topological polar surface area (TPSA) is 44.8 Å². The van der Waals surface area contributed by atoms with Crippen molar-refractivity contribution in [3.8, 4) is 11.5 Å². The number of fused-ring (bicyclic) bond motifs is 1. The molecule has 0 bridgehead atoms. The number of ether oxygens (including phenoxy) is 3. The molecular weight excluding hydrogens is 172 g/mol. The van der Waals surface area contributed by atoms with Crippen LogP contribution in [0.1, 0.15) is 10.4 Å². The summed E-state index contributed by atoms with van der Waals surface area (Å²) in [6.07, 6.45) is 0.722. The van der Waals surface area contributed by atoms with Gasteiger partial charge in [0.1, 0.15) is 0 Å². The predicted molar refractivity (Wildman–Crippen MR) is 43.9 cm³/mol. The van der Waals surface area contributed by atoms with E-state index in [2.05, 4.69) is 0 Å². The highest BCUT2D eigenvalue weighted by Crippen LogP contribution is 2.36. The first-order chi connectivity index (χ1) is 6.35. The van der Waals surface area contributed by atoms with Crippen molar-refractivity contribution in [2.75, 3.05) is 7.11 Å². The lowest BCUT2D eigenvalue weighted by atomic mass is 10.2. The number of methoxy groups -OCH3 is 1. The predicted octanol–water partition coefficient (Wildman–Crippen LogP) is 1.20. The molecule has 1 heterocycles. The Balaban J connectivity index is 2.39. The molecule has 1 aromatic rings. The second-order valence-electron chi connectivity index (χ2n) is 2.55. The van der Waals surface area contributed by atoms with Crippen LogP contribution in [0.3, 0.4) is 0 Å². The van der Waals surface area contributed by atoms with Crippen molar-refractivity contribution in [3.63, 3.8) is 0 Å². The van der Waals surface area contributed by atoms with E-state index in [9.17, 15) is 4.79 Å². The van der Waals surface area contributed by atoms with Gasteiger partial charge in [0.15, 0.2) is 17.8 Å². The summed E-state index contributed by atoms with van der Waals surface area (Å²) >= 11 is 0. The number of para-hydroxylation sites is 1. The van der Waals surface area contributed by atoms with Crippen molar-refractivity contribution in [2.45, 2.75) is 6.48 Å². The lowest BCUT2D eigenvalue weighted by molar-refractivity contribution is -0.157. The van der Waals surface area contributed by atoms with Crippen molar-refractivity contribution in [1.29, 1.82) is 0 Å². The lowest BCUT2D eigenvalue weighted by Crippen LogP contribution is -2.19. The summed E-state index contributed by atoms with van der Waals surface area (Å²) in [6, 6.07) is 5.11. The summed E-state index contributed by atoms with van der Waals surface area (Å²) in [4.78, 5) is 10.6. The average Bonchev–Trinajstić information content (AvgIpc) is 2.59. The molecule has 1 aliphatic rings. The van der Waals surface area contributed by atoms with Gasteiger partial charge in [-0.3, -0.25) is 4.79 Å². The lowest BCUT2D eigenvalue weighted by Gasteiger charge is -2.05. The fourth-order valence-corrected chi connectivity index (χ4v) is 1.16. The Hall–Kier alpha value is -1.55. The number of hydrogen-bond acceptors (Lipinski definition) is 4. The van der Waals surface area contributed by atoms with E-state index in [-0.39, 0.29) is 0 Å². The Morgan fingerprint density at radius 3 is 3.00 bits per heavy atom. The molecule has 0 N–H and O–H groups in total. The second kappa shape index (κ2) is 3.06. The molecule has 1 aliphatic heterocycles. The average molecular weight is 180 g/mol. The molecule has 68 valence electrons. The molecule has 0 aliphatic carbocycles. The van der Waals surface area contributed by atoms with E-state index in [0.717, 1.165) is 6.29 Å². The Bertz CT molecular complexity index is 334. The maximum atomic E-state index is 10.6. The van der Waals surface area contributed by atoms with E-state index in [1.54, 1.807) is 18.2 Å². The quantitative estimate of drug-likeness (QED) is 0.641. The van der Waals surface area contributed by atoms with Crippen LogP contribution in [0.25, 0.3) is 0 Å². The molecule has 0 saturated heterocycles. The molecule has 0 radical (unpaired) electrons. The molecule has 4 nitrogen and oxygen atoms in total. The van der Waals surface area contributed by atoms with Gasteiger partial charge in [-0.05, 0) is 12.1 Å². The Morgan fingerprint density at radius 2 is 2.31 bits per heavy atom. The SMILES string of the molecule is COC1Oc2cccc(C=O)c2O1. The van der Waals surface area contributed by atoms with E-state index in [1.807, 2.05) is 0 Å². The van der Waals surface area contributed by atoms with Gasteiger partial charge in [0.25, 0.3) is 0 Å². The van der Waals surface area contributed by atoms with Gasteiger partial charge in [0.05, 0.1) is 5.56 Å². The van der Waals surface area contributed by atoms with E-state index < -0.39 is 6.48 Å². The molecule has 0 aromatic heterocycles. The van der Waals surface area contributed by atoms with Crippen LogP contribution >= 0.6 is 0 Å². The largest absolute Gasteiger partial charge is 0.428 e. The molecule has 0 amide bonds. The third-order valence-corrected chi connectivity index (χ3v) is 1.77. The molecule has 13 heavy (non-hydrogen) atoms. The minimum absolute atomic E-state index is 0.448. The standard InChI is InChI=1S/C9H8O4/c1-11-9-12-7-4-2-3-6(5-10)8(7)13-9/h2-5,9H,1H3. The molecule has 2 rings (SSSR count). The van der Waals surface area contributed by atoms with Crippen LogP contribution in [0.4, 0.5) is 0 Å². The highest BCUT2D eigenvalue weighted by Gasteiger charge is 2.25. The van der Waals surface area contributed by atoms with Gasteiger partial charge in [0, 0.05) is 7.11 Å². The smallest absolute Gasteiger partial charge is 0.360 e. The summed E-state index contributed by atoms with van der Waals surface area (Å²) < 4.78 is 15.2. The van der Waals surface area contributed by atoms with E-state index in [0.29, 0.717) is 17.1 Å². The monoisotopic (exact) mass is 180 g/mol. The summed E-state index contributed by atoms with van der Waals surface area (Å²) in [5, 5.41) is 0. The molecule has 4 heteroatoms. The van der Waals surface area contributed by atoms with E-state index in [1.165, 1.54) is 7.11 Å². The highest BCUT2D eigenvalue weighted by molar-refractivity contribution is 5.81. The van der Waals surface area contributed by atoms with Crippen LogP contribution in [-0.2, 0) is 4.74 Å². The van der Waals surface area contributed by atoms with Crippen LogP contribution in [0.5, 0.6) is 11.5 Å². The molecule has 0 fully saturated rings. The van der Waals surface area contributed by atoms with Crippen LogP contribution in [0, 0.1) is 0 Å². The maximum absolute atomic E-state index is 10.6. The normalized spacial score (nSPS) is 18.7. The molecular formula is C9H8O4. The second-order valence-corrected chi connectivity index (χ2v) is 2.55. The zero-order chi connectivity index (χ0) is 9.26. The summed E-state index contributed by atoms with van der Waals surface area (Å²) in [7, 11) is 1.47. The zero-order valence-corrected chi connectivity index (χ0v) is 7.02. The van der Waals surface area contributed by atoms with Crippen molar-refractivity contribution < 1.29 is 19.0 Å². The van der Waals surface area contributed by atoms with Gasteiger partial charge >= 0.3 is 6.48 Å². The third-order valence-electron chi connectivity index (χ3n) is 1.77. The van der Waals surface area contributed by atoms with Crippen LogP contribution in [-0.4, -0.2) is 19.9 Å². The first-order valence-corrected chi connectivity index (χ1v) is 3.79. The first kappa shape index (κ1) is 8.07. The van der Waals surface area contributed by atoms with Crippen LogP contribution in [0.2, 0.25) is 0 Å². The van der Waals surface area contributed by atoms with Gasteiger partial charge in [-0.15, -0.1) is 0 Å². The minimum Gasteiger partial charge on any atom is -0.428 e. The zero-order valence-electron chi connectivity index (χ0n) is 7.02. The van der Waals surface area contributed by atoms with Crippen molar-refractivity contribution in [2.24, 2.45) is 0 Å². The first-order valence-electron chi connectivity index (χ1n) is 3.79. The van der Waals surface area contributed by atoms with Gasteiger partial charge in [-0.2, -0.15) is 0 Å². The van der Waals surface area contributed by atoms with Gasteiger partial charge in [-0.1, -0.05) is 6.07 Å². The van der Waals surface area contributed by atoms with Crippen molar-refractivity contribution in [1.82, 2.24) is 0 Å². The number of carbonyl (C=O) groups is 1. The third kappa shape index (κ3) is 1.25. The molecule has 0 spiro atoms. The Kier molecular flexibility index (Phi) is 1.90. The van der Waals surface area contributed by atoms with Crippen LogP contribution in [0.15, 0.2) is 18.2 Å². The van der Waals surface area contributed by atoms with E-state index >= 15 is 0 Å². The number of carbonyl (C=O) groups excluding carboxylic acids is 1. The molecule has 1 unspecified atom stereocenters. The molecule has 0 saturated carbocycles. The summed E-state index contributed by atoms with van der Waals surface area (Å²) in [5.41, 5.74) is 0.469. The fourth-order valence-electron chi connectivity index (χ4n) is 1.16. The van der Waals surface area contributed by atoms with Crippen molar-refractivity contribution in [3.05, 3.63) is 23.8 Å². The summed E-state index contributed by atoms with van der Waals surface area (Å²) in [5.74, 6) is 0.987. The van der Waals surface area contributed by atoms with E-state index in [4.69, 9.17) is 14.2 Å².